The molecule has 0 spiro atoms. The summed E-state index contributed by atoms with van der Waals surface area (Å²) >= 11 is 0. The normalized spacial score (nSPS) is 17.9. The number of rotatable bonds is 4. The van der Waals surface area contributed by atoms with Crippen molar-refractivity contribution in [3.05, 3.63) is 17.5 Å². The van der Waals surface area contributed by atoms with Crippen LogP contribution < -0.4 is 5.32 Å². The van der Waals surface area contributed by atoms with Gasteiger partial charge in [0.2, 0.25) is 0 Å². The van der Waals surface area contributed by atoms with Crippen LogP contribution in [0.4, 0.5) is 0 Å². The topological polar surface area (TPSA) is 29.9 Å². The Hall–Kier alpha value is -0.830. The van der Waals surface area contributed by atoms with Gasteiger partial charge in [-0.1, -0.05) is 19.3 Å². The Morgan fingerprint density at radius 3 is 2.69 bits per heavy atom. The third-order valence-corrected chi connectivity index (χ3v) is 3.47. The maximum Gasteiger partial charge on any atom is 0.0596 e. The molecule has 0 saturated heterocycles. The summed E-state index contributed by atoms with van der Waals surface area (Å²) in [5.74, 6) is 0. The largest absolute Gasteiger partial charge is 0.312 e. The molecule has 16 heavy (non-hydrogen) atoms. The lowest BCUT2D eigenvalue weighted by Gasteiger charge is -2.22. The van der Waals surface area contributed by atoms with Gasteiger partial charge in [-0.2, -0.15) is 5.10 Å². The first kappa shape index (κ1) is 11.6. The van der Waals surface area contributed by atoms with E-state index in [9.17, 15) is 0 Å². The van der Waals surface area contributed by atoms with Gasteiger partial charge < -0.3 is 5.32 Å². The average molecular weight is 221 g/mol. The highest BCUT2D eigenvalue weighted by Gasteiger charge is 2.12. The van der Waals surface area contributed by atoms with Crippen molar-refractivity contribution in [2.75, 3.05) is 6.54 Å². The van der Waals surface area contributed by atoms with Crippen LogP contribution in [0, 0.1) is 13.8 Å². The molecule has 0 unspecified atom stereocenters. The Labute approximate surface area is 98.2 Å². The second-order valence-corrected chi connectivity index (χ2v) is 4.94. The molecule has 90 valence electrons. The van der Waals surface area contributed by atoms with Crippen LogP contribution in [0.25, 0.3) is 0 Å². The fourth-order valence-electron chi connectivity index (χ4n) is 2.58. The van der Waals surface area contributed by atoms with E-state index in [2.05, 4.69) is 35.0 Å². The highest BCUT2D eigenvalue weighted by molar-refractivity contribution is 5.06. The van der Waals surface area contributed by atoms with Crippen molar-refractivity contribution >= 4 is 0 Å². The van der Waals surface area contributed by atoms with Crippen molar-refractivity contribution in [3.63, 3.8) is 0 Å². The van der Waals surface area contributed by atoms with Crippen LogP contribution >= 0.6 is 0 Å². The molecule has 1 aliphatic rings. The fraction of sp³-hybridized carbons (Fsp3) is 0.769. The Balaban J connectivity index is 1.73. The van der Waals surface area contributed by atoms with Gasteiger partial charge in [-0.15, -0.1) is 0 Å². The molecule has 0 aromatic carbocycles. The summed E-state index contributed by atoms with van der Waals surface area (Å²) in [6.45, 7) is 6.22. The Bertz CT molecular complexity index is 324. The molecule has 1 heterocycles. The molecule has 3 heteroatoms. The molecule has 0 atom stereocenters. The van der Waals surface area contributed by atoms with Gasteiger partial charge in [-0.3, -0.25) is 4.68 Å². The Morgan fingerprint density at radius 1 is 1.31 bits per heavy atom. The Morgan fingerprint density at radius 2 is 2.06 bits per heavy atom. The third-order valence-electron chi connectivity index (χ3n) is 3.47. The van der Waals surface area contributed by atoms with E-state index in [4.69, 9.17) is 0 Å². The number of nitrogens with zero attached hydrogens (tertiary/aromatic N) is 2. The van der Waals surface area contributed by atoms with Gasteiger partial charge in [0.05, 0.1) is 12.2 Å². The molecule has 0 aliphatic heterocycles. The Kier molecular flexibility index (Phi) is 3.99. The van der Waals surface area contributed by atoms with Crippen LogP contribution in [0.2, 0.25) is 0 Å². The van der Waals surface area contributed by atoms with Gasteiger partial charge in [0.25, 0.3) is 0 Å². The minimum atomic E-state index is 0.755. The lowest BCUT2D eigenvalue weighted by atomic mass is 9.95. The van der Waals surface area contributed by atoms with Crippen LogP contribution in [0.3, 0.4) is 0 Å². The summed E-state index contributed by atoms with van der Waals surface area (Å²) in [4.78, 5) is 0. The van der Waals surface area contributed by atoms with Crippen molar-refractivity contribution in [1.82, 2.24) is 15.1 Å². The number of aryl methyl sites for hydroxylation is 2. The van der Waals surface area contributed by atoms with Crippen LogP contribution in [-0.4, -0.2) is 22.4 Å². The summed E-state index contributed by atoms with van der Waals surface area (Å²) in [5, 5.41) is 8.12. The first-order chi connectivity index (χ1) is 7.75. The minimum absolute atomic E-state index is 0.755. The predicted molar refractivity (Wildman–Crippen MR) is 66.6 cm³/mol. The third kappa shape index (κ3) is 3.08. The first-order valence-corrected chi connectivity index (χ1v) is 6.50. The van der Waals surface area contributed by atoms with Gasteiger partial charge in [0.1, 0.15) is 0 Å². The molecular formula is C13H23N3. The van der Waals surface area contributed by atoms with E-state index >= 15 is 0 Å². The molecule has 1 aliphatic carbocycles. The lowest BCUT2D eigenvalue weighted by Crippen LogP contribution is -2.33. The van der Waals surface area contributed by atoms with E-state index in [1.807, 2.05) is 0 Å². The van der Waals surface area contributed by atoms with Crippen LogP contribution in [0.5, 0.6) is 0 Å². The van der Waals surface area contributed by atoms with E-state index in [0.29, 0.717) is 0 Å². The van der Waals surface area contributed by atoms with Gasteiger partial charge in [-0.05, 0) is 32.8 Å². The zero-order chi connectivity index (χ0) is 11.4. The molecule has 1 aromatic heterocycles. The molecule has 0 radical (unpaired) electrons. The van der Waals surface area contributed by atoms with Gasteiger partial charge in [0.15, 0.2) is 0 Å². The molecule has 0 amide bonds. The zero-order valence-electron chi connectivity index (χ0n) is 10.5. The maximum atomic E-state index is 4.47. The number of nitrogens with one attached hydrogen (secondary N) is 1. The maximum absolute atomic E-state index is 4.47. The van der Waals surface area contributed by atoms with E-state index in [1.54, 1.807) is 0 Å². The van der Waals surface area contributed by atoms with Gasteiger partial charge >= 0.3 is 0 Å². The van der Waals surface area contributed by atoms with E-state index in [1.165, 1.54) is 37.8 Å². The molecule has 1 aromatic rings. The van der Waals surface area contributed by atoms with Crippen LogP contribution in [-0.2, 0) is 6.54 Å². The van der Waals surface area contributed by atoms with Gasteiger partial charge in [0, 0.05) is 18.3 Å². The van der Waals surface area contributed by atoms with Crippen molar-refractivity contribution in [2.45, 2.75) is 58.5 Å². The highest BCUT2D eigenvalue weighted by Crippen LogP contribution is 2.17. The summed E-state index contributed by atoms with van der Waals surface area (Å²) in [5.41, 5.74) is 2.39. The predicted octanol–water partition coefficient (Wildman–Crippen LogP) is 2.42. The summed E-state index contributed by atoms with van der Waals surface area (Å²) < 4.78 is 2.10. The average Bonchev–Trinajstić information content (AvgIpc) is 2.59. The molecule has 1 fully saturated rings. The number of hydrogen-bond donors (Lipinski definition) is 1. The van der Waals surface area contributed by atoms with Crippen molar-refractivity contribution < 1.29 is 0 Å². The second-order valence-electron chi connectivity index (χ2n) is 4.94. The summed E-state index contributed by atoms with van der Waals surface area (Å²) in [7, 11) is 0. The number of hydrogen-bond acceptors (Lipinski definition) is 2. The second kappa shape index (κ2) is 5.48. The van der Waals surface area contributed by atoms with Crippen molar-refractivity contribution in [2.24, 2.45) is 0 Å². The van der Waals surface area contributed by atoms with Crippen LogP contribution in [0.15, 0.2) is 6.07 Å². The molecule has 1 N–H and O–H groups in total. The fourth-order valence-corrected chi connectivity index (χ4v) is 2.58. The van der Waals surface area contributed by atoms with Crippen molar-refractivity contribution in [3.8, 4) is 0 Å². The summed E-state index contributed by atoms with van der Waals surface area (Å²) in [6, 6.07) is 2.89. The summed E-state index contributed by atoms with van der Waals surface area (Å²) in [6.07, 6.45) is 6.94. The minimum Gasteiger partial charge on any atom is -0.312 e. The van der Waals surface area contributed by atoms with E-state index in [-0.39, 0.29) is 0 Å². The van der Waals surface area contributed by atoms with Crippen molar-refractivity contribution in [1.29, 1.82) is 0 Å². The first-order valence-electron chi connectivity index (χ1n) is 6.50. The number of aromatic nitrogens is 2. The van der Waals surface area contributed by atoms with E-state index < -0.39 is 0 Å². The monoisotopic (exact) mass is 221 g/mol. The van der Waals surface area contributed by atoms with Gasteiger partial charge in [-0.25, -0.2) is 0 Å². The smallest absolute Gasteiger partial charge is 0.0596 e. The molecule has 1 saturated carbocycles. The standard InChI is InChI=1S/C13H23N3/c1-11-10-12(2)16(15-11)9-8-14-13-6-4-3-5-7-13/h10,13-14H,3-9H2,1-2H3. The molecule has 3 nitrogen and oxygen atoms in total. The quantitative estimate of drug-likeness (QED) is 0.846. The van der Waals surface area contributed by atoms with E-state index in [0.717, 1.165) is 24.8 Å². The molecule has 0 bridgehead atoms. The SMILES string of the molecule is Cc1cc(C)n(CCNC2CCCCC2)n1. The highest BCUT2D eigenvalue weighted by atomic mass is 15.3. The van der Waals surface area contributed by atoms with Crippen LogP contribution in [0.1, 0.15) is 43.5 Å². The molecular weight excluding hydrogens is 198 g/mol. The zero-order valence-corrected chi connectivity index (χ0v) is 10.5. The lowest BCUT2D eigenvalue weighted by molar-refractivity contribution is 0.364. The molecule has 2 rings (SSSR count).